The first-order chi connectivity index (χ1) is 13.9. The van der Waals surface area contributed by atoms with Crippen LogP contribution in [0.25, 0.3) is 10.9 Å². The molecule has 0 bridgehead atoms. The van der Waals surface area contributed by atoms with Gasteiger partial charge in [-0.2, -0.15) is 5.10 Å². The van der Waals surface area contributed by atoms with Crippen LogP contribution in [0.5, 0.6) is 5.75 Å². The summed E-state index contributed by atoms with van der Waals surface area (Å²) >= 11 is 0. The van der Waals surface area contributed by atoms with E-state index >= 15 is 0 Å². The Hall–Kier alpha value is -2.88. The number of carbonyl (C=O) groups is 1. The van der Waals surface area contributed by atoms with E-state index in [2.05, 4.69) is 36.6 Å². The van der Waals surface area contributed by atoms with E-state index in [-0.39, 0.29) is 5.78 Å². The first kappa shape index (κ1) is 20.8. The van der Waals surface area contributed by atoms with Crippen molar-refractivity contribution in [1.29, 1.82) is 0 Å². The molecular formula is C23H26N2O3Si. The van der Waals surface area contributed by atoms with Crippen LogP contribution in [-0.4, -0.2) is 37.4 Å². The Labute approximate surface area is 172 Å². The number of rotatable bonds is 7. The summed E-state index contributed by atoms with van der Waals surface area (Å²) in [6.07, 6.45) is 1.75. The normalized spacial score (nSPS) is 11.2. The van der Waals surface area contributed by atoms with Gasteiger partial charge in [-0.15, -0.1) is 0 Å². The monoisotopic (exact) mass is 406 g/mol. The molecule has 0 spiro atoms. The molecule has 5 nitrogen and oxygen atoms in total. The second-order valence-corrected chi connectivity index (χ2v) is 13.6. The van der Waals surface area contributed by atoms with Gasteiger partial charge in [-0.1, -0.05) is 55.9 Å². The predicted molar refractivity (Wildman–Crippen MR) is 118 cm³/mol. The van der Waals surface area contributed by atoms with E-state index < -0.39 is 8.07 Å². The van der Waals surface area contributed by atoms with Crippen LogP contribution < -0.4 is 4.74 Å². The van der Waals surface area contributed by atoms with E-state index in [1.54, 1.807) is 25.4 Å². The lowest BCUT2D eigenvalue weighted by Crippen LogP contribution is -2.22. The van der Waals surface area contributed by atoms with Gasteiger partial charge in [0.1, 0.15) is 12.5 Å². The average molecular weight is 407 g/mol. The number of hydrogen-bond donors (Lipinski definition) is 0. The number of hydrogen-bond acceptors (Lipinski definition) is 4. The zero-order valence-corrected chi connectivity index (χ0v) is 18.4. The van der Waals surface area contributed by atoms with Gasteiger partial charge < -0.3 is 9.47 Å². The van der Waals surface area contributed by atoms with Crippen molar-refractivity contribution >= 4 is 24.8 Å². The fourth-order valence-electron chi connectivity index (χ4n) is 2.86. The van der Waals surface area contributed by atoms with E-state index in [9.17, 15) is 4.79 Å². The molecule has 0 radical (unpaired) electrons. The van der Waals surface area contributed by atoms with Crippen molar-refractivity contribution in [2.45, 2.75) is 32.4 Å². The number of Topliss-reactive ketones (excluding diaryl/α,β-unsaturated/α-hetero) is 1. The number of ether oxygens (including phenoxy) is 2. The standard InChI is InChI=1S/C23H26N2O3Si/c1-27-23-19(11-13-22(26)18-8-6-5-7-9-18)10-12-21-20(23)16-24-25(21)17-28-14-15-29(2,3)4/h5-10,12,16H,14-15,17H2,1-4H3. The summed E-state index contributed by atoms with van der Waals surface area (Å²) in [6, 6.07) is 13.9. The maximum Gasteiger partial charge on any atom is 0.236 e. The number of methoxy groups -OCH3 is 1. The second kappa shape index (κ2) is 9.08. The molecule has 0 aliphatic rings. The van der Waals surface area contributed by atoms with Crippen molar-refractivity contribution in [2.24, 2.45) is 0 Å². The molecule has 0 saturated heterocycles. The fraction of sp³-hybridized carbons (Fsp3) is 0.304. The number of benzene rings is 2. The van der Waals surface area contributed by atoms with Gasteiger partial charge in [0, 0.05) is 20.2 Å². The Morgan fingerprint density at radius 3 is 2.59 bits per heavy atom. The van der Waals surface area contributed by atoms with Crippen LogP contribution in [0.1, 0.15) is 15.9 Å². The molecule has 3 rings (SSSR count). The summed E-state index contributed by atoms with van der Waals surface area (Å²) < 4.78 is 13.2. The van der Waals surface area contributed by atoms with Gasteiger partial charge >= 0.3 is 0 Å². The van der Waals surface area contributed by atoms with Crippen molar-refractivity contribution in [2.75, 3.05) is 13.7 Å². The van der Waals surface area contributed by atoms with Gasteiger partial charge in [0.15, 0.2) is 0 Å². The van der Waals surface area contributed by atoms with Crippen molar-refractivity contribution in [3.05, 3.63) is 59.8 Å². The van der Waals surface area contributed by atoms with E-state index in [1.807, 2.05) is 35.0 Å². The highest BCUT2D eigenvalue weighted by atomic mass is 28.3. The predicted octanol–water partition coefficient (Wildman–Crippen LogP) is 4.59. The third-order valence-electron chi connectivity index (χ3n) is 4.54. The lowest BCUT2D eigenvalue weighted by Gasteiger charge is -2.15. The maximum absolute atomic E-state index is 12.3. The first-order valence-corrected chi connectivity index (χ1v) is 13.3. The van der Waals surface area contributed by atoms with Gasteiger partial charge in [0.05, 0.1) is 29.8 Å². The zero-order chi connectivity index (χ0) is 20.9. The van der Waals surface area contributed by atoms with Crippen LogP contribution in [0.2, 0.25) is 25.7 Å². The van der Waals surface area contributed by atoms with Gasteiger partial charge in [0.2, 0.25) is 5.78 Å². The molecule has 3 aromatic rings. The number of carbonyl (C=O) groups excluding carboxylic acids is 1. The van der Waals surface area contributed by atoms with Gasteiger partial charge in [0.25, 0.3) is 0 Å². The van der Waals surface area contributed by atoms with Crippen LogP contribution in [0.3, 0.4) is 0 Å². The minimum atomic E-state index is -1.12. The molecular weight excluding hydrogens is 380 g/mol. The Morgan fingerprint density at radius 1 is 1.14 bits per heavy atom. The summed E-state index contributed by atoms with van der Waals surface area (Å²) in [5.74, 6) is 6.04. The van der Waals surface area contributed by atoms with Crippen LogP contribution in [0.4, 0.5) is 0 Å². The molecule has 29 heavy (non-hydrogen) atoms. The van der Waals surface area contributed by atoms with E-state index in [4.69, 9.17) is 9.47 Å². The highest BCUT2D eigenvalue weighted by Gasteiger charge is 2.14. The third-order valence-corrected chi connectivity index (χ3v) is 6.24. The number of aromatic nitrogens is 2. The van der Waals surface area contributed by atoms with Crippen molar-refractivity contribution in [3.8, 4) is 17.6 Å². The molecule has 6 heteroatoms. The summed E-state index contributed by atoms with van der Waals surface area (Å²) in [7, 11) is 0.482. The first-order valence-electron chi connectivity index (χ1n) is 9.61. The quantitative estimate of drug-likeness (QED) is 0.249. The Kier molecular flexibility index (Phi) is 6.52. The van der Waals surface area contributed by atoms with E-state index in [0.29, 0.717) is 23.6 Å². The minimum Gasteiger partial charge on any atom is -0.495 e. The molecule has 2 aromatic carbocycles. The zero-order valence-electron chi connectivity index (χ0n) is 17.4. The molecule has 0 aliphatic heterocycles. The van der Waals surface area contributed by atoms with Gasteiger partial charge in [-0.25, -0.2) is 4.68 Å². The third kappa shape index (κ3) is 5.34. The largest absolute Gasteiger partial charge is 0.495 e. The average Bonchev–Trinajstić information content (AvgIpc) is 3.12. The summed E-state index contributed by atoms with van der Waals surface area (Å²) in [6.45, 7) is 8.12. The van der Waals surface area contributed by atoms with Crippen LogP contribution >= 0.6 is 0 Å². The molecule has 0 aliphatic carbocycles. The van der Waals surface area contributed by atoms with E-state index in [1.165, 1.54) is 0 Å². The van der Waals surface area contributed by atoms with Crippen molar-refractivity contribution in [3.63, 3.8) is 0 Å². The molecule has 0 saturated carbocycles. The SMILES string of the molecule is COc1c(C#CC(=O)c2ccccc2)ccc2c1cnn2COCC[Si](C)(C)C. The lowest BCUT2D eigenvalue weighted by atomic mass is 10.1. The topological polar surface area (TPSA) is 53.3 Å². The minimum absolute atomic E-state index is 0.223. The highest BCUT2D eigenvalue weighted by molar-refractivity contribution is 6.76. The van der Waals surface area contributed by atoms with Gasteiger partial charge in [-0.3, -0.25) is 4.79 Å². The molecule has 1 heterocycles. The molecule has 0 N–H and O–H groups in total. The molecule has 1 aromatic heterocycles. The smallest absolute Gasteiger partial charge is 0.236 e. The van der Waals surface area contributed by atoms with Crippen LogP contribution in [-0.2, 0) is 11.5 Å². The van der Waals surface area contributed by atoms with Crippen LogP contribution in [0, 0.1) is 11.8 Å². The fourth-order valence-corrected chi connectivity index (χ4v) is 3.62. The van der Waals surface area contributed by atoms with Gasteiger partial charge in [-0.05, 0) is 24.1 Å². The van der Waals surface area contributed by atoms with Crippen molar-refractivity contribution in [1.82, 2.24) is 9.78 Å². The number of fused-ring (bicyclic) bond motifs is 1. The van der Waals surface area contributed by atoms with Crippen molar-refractivity contribution < 1.29 is 14.3 Å². The van der Waals surface area contributed by atoms with E-state index in [0.717, 1.165) is 23.6 Å². The lowest BCUT2D eigenvalue weighted by molar-refractivity contribution is 0.0817. The second-order valence-electron chi connectivity index (χ2n) is 8.02. The summed E-state index contributed by atoms with van der Waals surface area (Å²) in [5, 5.41) is 5.28. The highest BCUT2D eigenvalue weighted by Crippen LogP contribution is 2.29. The molecule has 0 fully saturated rings. The molecule has 150 valence electrons. The van der Waals surface area contributed by atoms with Crippen LogP contribution in [0.15, 0.2) is 48.7 Å². The maximum atomic E-state index is 12.3. The number of nitrogens with zero attached hydrogens (tertiary/aromatic N) is 2. The summed E-state index contributed by atoms with van der Waals surface area (Å²) in [5.41, 5.74) is 2.14. The Bertz CT molecular complexity index is 1060. The Morgan fingerprint density at radius 2 is 1.90 bits per heavy atom. The number of ketones is 1. The Balaban J connectivity index is 1.79. The molecule has 0 amide bonds. The molecule has 0 unspecified atom stereocenters. The molecule has 0 atom stereocenters. The summed E-state index contributed by atoms with van der Waals surface area (Å²) in [4.78, 5) is 12.3.